The molecule has 0 radical (unpaired) electrons. The highest BCUT2D eigenvalue weighted by atomic mass is 16.5. The van der Waals surface area contributed by atoms with Gasteiger partial charge in [0.2, 0.25) is 0 Å². The molecule has 1 fully saturated rings. The molecule has 2 aromatic rings. The fraction of sp³-hybridized carbons (Fsp3) is 0.421. The van der Waals surface area contributed by atoms with Gasteiger partial charge >= 0.3 is 5.97 Å². The van der Waals surface area contributed by atoms with E-state index in [1.54, 1.807) is 0 Å². The zero-order valence-electron chi connectivity index (χ0n) is 14.9. The van der Waals surface area contributed by atoms with Crippen LogP contribution in [-0.2, 0) is 9.53 Å². The van der Waals surface area contributed by atoms with Crippen molar-refractivity contribution in [1.82, 2.24) is 9.88 Å². The van der Waals surface area contributed by atoms with Crippen LogP contribution < -0.4 is 0 Å². The zero-order chi connectivity index (χ0) is 18.7. The number of carbonyl (C=O) groups is 2. The van der Waals surface area contributed by atoms with Gasteiger partial charge in [-0.15, -0.1) is 0 Å². The summed E-state index contributed by atoms with van der Waals surface area (Å²) in [5.74, 6) is -0.875. The number of amides is 1. The second kappa shape index (κ2) is 7.29. The first-order valence-electron chi connectivity index (χ1n) is 8.49. The number of hydrogen-bond donors (Lipinski definition) is 1. The largest absolute Gasteiger partial charge is 0.481 e. The van der Waals surface area contributed by atoms with Gasteiger partial charge in [-0.2, -0.15) is 0 Å². The maximum atomic E-state index is 13.0. The number of nitrogens with zero attached hydrogens (tertiary/aromatic N) is 2. The minimum absolute atomic E-state index is 0.0652. The summed E-state index contributed by atoms with van der Waals surface area (Å²) in [6.07, 6.45) is 2.31. The molecule has 1 aliphatic heterocycles. The van der Waals surface area contributed by atoms with E-state index >= 15 is 0 Å². The number of oxazole rings is 1. The number of rotatable bonds is 5. The van der Waals surface area contributed by atoms with Crippen molar-refractivity contribution < 1.29 is 23.8 Å². The number of methoxy groups -OCH3 is 1. The smallest absolute Gasteiger partial charge is 0.313 e. The number of carboxylic acid groups (broad SMARTS) is 1. The van der Waals surface area contributed by atoms with Gasteiger partial charge in [0, 0.05) is 25.8 Å². The molecule has 0 spiro atoms. The Labute approximate surface area is 151 Å². The third kappa shape index (κ3) is 3.35. The highest BCUT2D eigenvalue weighted by Crippen LogP contribution is 2.33. The van der Waals surface area contributed by atoms with Gasteiger partial charge in [0.15, 0.2) is 17.8 Å². The van der Waals surface area contributed by atoms with Crippen molar-refractivity contribution in [2.24, 2.45) is 5.41 Å². The molecule has 0 bridgehead atoms. The van der Waals surface area contributed by atoms with Crippen LogP contribution in [0.1, 0.15) is 28.9 Å². The molecule has 7 heteroatoms. The number of carbonyl (C=O) groups excluding carboxylic acids is 1. The number of aliphatic carboxylic acids is 1. The maximum Gasteiger partial charge on any atom is 0.313 e. The summed E-state index contributed by atoms with van der Waals surface area (Å²) >= 11 is 0. The summed E-state index contributed by atoms with van der Waals surface area (Å²) in [6, 6.07) is 7.60. The minimum Gasteiger partial charge on any atom is -0.481 e. The molecule has 0 aliphatic carbocycles. The molecule has 138 valence electrons. The SMILES string of the molecule is COCC1(C(=O)O)CCCN(C(=O)c2ncoc2-c2ccc(C)cc2)C1. The second-order valence-electron chi connectivity index (χ2n) is 6.74. The standard InChI is InChI=1S/C19H22N2O5/c1-13-4-6-14(7-5-13)16-15(20-12-26-16)17(22)21-9-3-8-19(10-21,11-25-2)18(23)24/h4-7,12H,3,8-11H2,1-2H3,(H,23,24). The molecule has 1 aromatic heterocycles. The Bertz CT molecular complexity index is 795. The summed E-state index contributed by atoms with van der Waals surface area (Å²) in [4.78, 5) is 30.4. The topological polar surface area (TPSA) is 92.9 Å². The van der Waals surface area contributed by atoms with Gasteiger partial charge in [-0.05, 0) is 19.8 Å². The minimum atomic E-state index is -1.09. The molecule has 1 N–H and O–H groups in total. The lowest BCUT2D eigenvalue weighted by molar-refractivity contribution is -0.155. The first-order chi connectivity index (χ1) is 12.5. The zero-order valence-corrected chi connectivity index (χ0v) is 14.9. The average Bonchev–Trinajstić information content (AvgIpc) is 3.11. The number of aryl methyl sites for hydroxylation is 1. The number of aromatic nitrogens is 1. The maximum absolute atomic E-state index is 13.0. The number of benzene rings is 1. The van der Waals surface area contributed by atoms with E-state index in [0.29, 0.717) is 25.1 Å². The van der Waals surface area contributed by atoms with Crippen molar-refractivity contribution >= 4 is 11.9 Å². The van der Waals surface area contributed by atoms with Crippen LogP contribution >= 0.6 is 0 Å². The van der Waals surface area contributed by atoms with Crippen LogP contribution in [0.5, 0.6) is 0 Å². The fourth-order valence-electron chi connectivity index (χ4n) is 3.39. The van der Waals surface area contributed by atoms with E-state index in [1.807, 2.05) is 31.2 Å². The number of carboxylic acids is 1. The molecular weight excluding hydrogens is 336 g/mol. The predicted octanol–water partition coefficient (Wildman–Crippen LogP) is 2.60. The molecular formula is C19H22N2O5. The van der Waals surface area contributed by atoms with Gasteiger partial charge in [-0.1, -0.05) is 29.8 Å². The highest BCUT2D eigenvalue weighted by molar-refractivity contribution is 5.98. The number of hydrogen-bond acceptors (Lipinski definition) is 5. The summed E-state index contributed by atoms with van der Waals surface area (Å²) in [7, 11) is 1.47. The van der Waals surface area contributed by atoms with E-state index in [0.717, 1.165) is 11.1 Å². The lowest BCUT2D eigenvalue weighted by Crippen LogP contribution is -2.52. The van der Waals surface area contributed by atoms with Crippen molar-refractivity contribution in [2.75, 3.05) is 26.8 Å². The number of ether oxygens (including phenoxy) is 1. The molecule has 1 unspecified atom stereocenters. The lowest BCUT2D eigenvalue weighted by Gasteiger charge is -2.39. The highest BCUT2D eigenvalue weighted by Gasteiger charge is 2.44. The van der Waals surface area contributed by atoms with Gasteiger partial charge in [0.1, 0.15) is 5.41 Å². The normalized spacial score (nSPS) is 20.2. The van der Waals surface area contributed by atoms with E-state index in [-0.39, 0.29) is 24.8 Å². The van der Waals surface area contributed by atoms with Crippen molar-refractivity contribution in [3.05, 3.63) is 41.9 Å². The van der Waals surface area contributed by atoms with Crippen LogP contribution in [0, 0.1) is 12.3 Å². The van der Waals surface area contributed by atoms with Crippen LogP contribution in [0.2, 0.25) is 0 Å². The Balaban J connectivity index is 1.87. The molecule has 1 saturated heterocycles. The van der Waals surface area contributed by atoms with Crippen molar-refractivity contribution in [3.8, 4) is 11.3 Å². The summed E-state index contributed by atoms with van der Waals surface area (Å²) in [5.41, 5.74) is 0.974. The Morgan fingerprint density at radius 3 is 2.73 bits per heavy atom. The van der Waals surface area contributed by atoms with E-state index in [1.165, 1.54) is 18.4 Å². The fourth-order valence-corrected chi connectivity index (χ4v) is 3.39. The van der Waals surface area contributed by atoms with Crippen LogP contribution in [0.15, 0.2) is 35.1 Å². The average molecular weight is 358 g/mol. The second-order valence-corrected chi connectivity index (χ2v) is 6.74. The van der Waals surface area contributed by atoms with Gasteiger partial charge in [-0.3, -0.25) is 9.59 Å². The molecule has 2 heterocycles. The Morgan fingerprint density at radius 1 is 1.35 bits per heavy atom. The molecule has 1 amide bonds. The molecule has 3 rings (SSSR count). The van der Waals surface area contributed by atoms with Gasteiger partial charge in [0.25, 0.3) is 5.91 Å². The van der Waals surface area contributed by atoms with Crippen LogP contribution in [0.3, 0.4) is 0 Å². The summed E-state index contributed by atoms with van der Waals surface area (Å²) in [6.45, 7) is 2.62. The molecule has 1 atom stereocenters. The summed E-state index contributed by atoms with van der Waals surface area (Å²) in [5, 5.41) is 9.66. The first kappa shape index (κ1) is 18.1. The van der Waals surface area contributed by atoms with Crippen molar-refractivity contribution in [1.29, 1.82) is 0 Å². The molecule has 26 heavy (non-hydrogen) atoms. The predicted molar refractivity (Wildman–Crippen MR) is 93.8 cm³/mol. The summed E-state index contributed by atoms with van der Waals surface area (Å²) < 4.78 is 10.6. The van der Waals surface area contributed by atoms with E-state index in [9.17, 15) is 14.7 Å². The molecule has 1 aromatic carbocycles. The van der Waals surface area contributed by atoms with E-state index in [2.05, 4.69) is 4.98 Å². The molecule has 7 nitrogen and oxygen atoms in total. The number of likely N-dealkylation sites (tertiary alicyclic amines) is 1. The first-order valence-corrected chi connectivity index (χ1v) is 8.49. The monoisotopic (exact) mass is 358 g/mol. The van der Waals surface area contributed by atoms with E-state index in [4.69, 9.17) is 9.15 Å². The Hall–Kier alpha value is -2.67. The van der Waals surface area contributed by atoms with Crippen LogP contribution in [0.4, 0.5) is 0 Å². The van der Waals surface area contributed by atoms with Crippen LogP contribution in [-0.4, -0.2) is 53.7 Å². The molecule has 0 saturated carbocycles. The van der Waals surface area contributed by atoms with Crippen LogP contribution in [0.25, 0.3) is 11.3 Å². The van der Waals surface area contributed by atoms with Crippen molar-refractivity contribution in [3.63, 3.8) is 0 Å². The van der Waals surface area contributed by atoms with E-state index < -0.39 is 11.4 Å². The number of piperidine rings is 1. The Morgan fingerprint density at radius 2 is 2.08 bits per heavy atom. The Kier molecular flexibility index (Phi) is 5.08. The third-order valence-corrected chi connectivity index (χ3v) is 4.82. The van der Waals surface area contributed by atoms with Gasteiger partial charge < -0.3 is 19.2 Å². The lowest BCUT2D eigenvalue weighted by atomic mass is 9.80. The van der Waals surface area contributed by atoms with Gasteiger partial charge in [0.05, 0.1) is 6.61 Å². The quantitative estimate of drug-likeness (QED) is 0.883. The van der Waals surface area contributed by atoms with Gasteiger partial charge in [-0.25, -0.2) is 4.98 Å². The third-order valence-electron chi connectivity index (χ3n) is 4.82. The molecule has 1 aliphatic rings. The van der Waals surface area contributed by atoms with Crippen molar-refractivity contribution in [2.45, 2.75) is 19.8 Å².